The van der Waals surface area contributed by atoms with Crippen LogP contribution in [0.2, 0.25) is 0 Å². The van der Waals surface area contributed by atoms with Gasteiger partial charge in [0.1, 0.15) is 5.76 Å². The summed E-state index contributed by atoms with van der Waals surface area (Å²) in [6.45, 7) is 1.15. The first-order valence-corrected chi connectivity index (χ1v) is 8.16. The van der Waals surface area contributed by atoms with E-state index in [0.29, 0.717) is 11.0 Å². The number of alkyl halides is 3. The van der Waals surface area contributed by atoms with Gasteiger partial charge in [0.15, 0.2) is 5.70 Å². The number of azo groups is 1. The van der Waals surface area contributed by atoms with E-state index >= 15 is 0 Å². The van der Waals surface area contributed by atoms with Crippen LogP contribution in [0, 0.1) is 0 Å². The molecule has 0 aliphatic rings. The van der Waals surface area contributed by atoms with E-state index in [-0.39, 0.29) is 5.69 Å². The largest absolute Gasteiger partial charge is 0.510 e. The Kier molecular flexibility index (Phi) is 5.22. The van der Waals surface area contributed by atoms with Crippen LogP contribution in [0.1, 0.15) is 12.5 Å². The van der Waals surface area contributed by atoms with Crippen molar-refractivity contribution in [3.8, 4) is 0 Å². The Bertz CT molecular complexity index is 1190. The van der Waals surface area contributed by atoms with E-state index in [9.17, 15) is 27.9 Å². The zero-order chi connectivity index (χ0) is 21.2. The number of hydrogen-bond donors (Lipinski definition) is 4. The maximum absolute atomic E-state index is 13.0. The number of hydrogen-bond acceptors (Lipinski definition) is 5. The molecule has 1 heterocycles. The number of halogens is 3. The van der Waals surface area contributed by atoms with Gasteiger partial charge in [0, 0.05) is 5.69 Å². The SMILES string of the molecule is C/C(O)=C(/N=Nc1ccccc1C(F)(F)F)C(=O)Nc1ccc2[nH]c(=O)[nH]c2c1. The van der Waals surface area contributed by atoms with Crippen molar-refractivity contribution in [3.05, 3.63) is 70.0 Å². The van der Waals surface area contributed by atoms with Crippen molar-refractivity contribution in [1.82, 2.24) is 9.97 Å². The number of aromatic amines is 2. The van der Waals surface area contributed by atoms with Crippen LogP contribution in [-0.2, 0) is 11.0 Å². The lowest BCUT2D eigenvalue weighted by Gasteiger charge is -2.09. The highest BCUT2D eigenvalue weighted by Gasteiger charge is 2.33. The number of nitrogens with zero attached hydrogens (tertiary/aromatic N) is 2. The van der Waals surface area contributed by atoms with Gasteiger partial charge in [0.05, 0.1) is 22.3 Å². The van der Waals surface area contributed by atoms with Gasteiger partial charge in [-0.3, -0.25) is 4.79 Å². The van der Waals surface area contributed by atoms with E-state index in [1.165, 1.54) is 24.3 Å². The summed E-state index contributed by atoms with van der Waals surface area (Å²) >= 11 is 0. The first-order chi connectivity index (χ1) is 13.6. The molecule has 0 saturated heterocycles. The summed E-state index contributed by atoms with van der Waals surface area (Å²) in [7, 11) is 0. The van der Waals surface area contributed by atoms with Gasteiger partial charge in [-0.15, -0.1) is 10.2 Å². The molecule has 29 heavy (non-hydrogen) atoms. The van der Waals surface area contributed by atoms with Gasteiger partial charge in [-0.25, -0.2) is 4.79 Å². The third-order valence-electron chi connectivity index (χ3n) is 3.80. The lowest BCUT2D eigenvalue weighted by molar-refractivity contribution is -0.137. The van der Waals surface area contributed by atoms with Crippen molar-refractivity contribution >= 4 is 28.3 Å². The number of carbonyl (C=O) groups excluding carboxylic acids is 1. The number of benzene rings is 2. The van der Waals surface area contributed by atoms with E-state index in [0.717, 1.165) is 19.1 Å². The van der Waals surface area contributed by atoms with Gasteiger partial charge in [-0.1, -0.05) is 12.1 Å². The third-order valence-corrected chi connectivity index (χ3v) is 3.80. The second kappa shape index (κ2) is 7.62. The minimum Gasteiger partial charge on any atom is -0.510 e. The van der Waals surface area contributed by atoms with Crippen molar-refractivity contribution in [2.75, 3.05) is 5.32 Å². The number of H-pyrrole nitrogens is 2. The maximum atomic E-state index is 13.0. The summed E-state index contributed by atoms with van der Waals surface area (Å²) in [6, 6.07) is 8.95. The van der Waals surface area contributed by atoms with Crippen molar-refractivity contribution in [3.63, 3.8) is 0 Å². The van der Waals surface area contributed by atoms with Gasteiger partial charge in [-0.2, -0.15) is 13.2 Å². The van der Waals surface area contributed by atoms with Crippen LogP contribution in [0.3, 0.4) is 0 Å². The van der Waals surface area contributed by atoms with Gasteiger partial charge in [-0.05, 0) is 37.3 Å². The number of allylic oxidation sites excluding steroid dienone is 1. The van der Waals surface area contributed by atoms with Crippen molar-refractivity contribution in [1.29, 1.82) is 0 Å². The van der Waals surface area contributed by atoms with Gasteiger partial charge in [0.2, 0.25) is 0 Å². The van der Waals surface area contributed by atoms with Gasteiger partial charge in [0.25, 0.3) is 5.91 Å². The number of anilines is 1. The molecule has 1 aromatic heterocycles. The van der Waals surface area contributed by atoms with Crippen LogP contribution in [0.4, 0.5) is 24.5 Å². The predicted molar refractivity (Wildman–Crippen MR) is 98.8 cm³/mol. The molecule has 0 radical (unpaired) electrons. The van der Waals surface area contributed by atoms with Crippen LogP contribution in [-0.4, -0.2) is 21.0 Å². The monoisotopic (exact) mass is 405 g/mol. The molecule has 150 valence electrons. The molecule has 0 aliphatic carbocycles. The van der Waals surface area contributed by atoms with Crippen LogP contribution in [0.15, 0.2) is 68.9 Å². The first kappa shape index (κ1) is 19.9. The molecule has 0 bridgehead atoms. The molecule has 3 rings (SSSR count). The molecular formula is C18H14F3N5O3. The first-order valence-electron chi connectivity index (χ1n) is 8.16. The third kappa shape index (κ3) is 4.51. The number of rotatable bonds is 4. The topological polar surface area (TPSA) is 123 Å². The fraction of sp³-hybridized carbons (Fsp3) is 0.111. The molecule has 0 spiro atoms. The summed E-state index contributed by atoms with van der Waals surface area (Å²) in [5, 5.41) is 19.2. The lowest BCUT2D eigenvalue weighted by Crippen LogP contribution is -2.14. The van der Waals surface area contributed by atoms with Gasteiger partial charge < -0.3 is 20.4 Å². The molecule has 0 saturated carbocycles. The summed E-state index contributed by atoms with van der Waals surface area (Å²) in [6.07, 6.45) is -4.65. The average Bonchev–Trinajstić information content (AvgIpc) is 3.00. The smallest absolute Gasteiger partial charge is 0.418 e. The number of imidazole rings is 1. The molecule has 0 atom stereocenters. The molecule has 0 fully saturated rings. The Hall–Kier alpha value is -3.89. The Balaban J connectivity index is 1.86. The van der Waals surface area contributed by atoms with E-state index in [1.54, 1.807) is 6.07 Å². The minimum absolute atomic E-state index is 0.266. The molecule has 11 heteroatoms. The highest BCUT2D eigenvalue weighted by atomic mass is 19.4. The molecule has 2 aromatic carbocycles. The number of aliphatic hydroxyl groups is 1. The van der Waals surface area contributed by atoms with Crippen molar-refractivity contribution in [2.24, 2.45) is 10.2 Å². The molecule has 8 nitrogen and oxygen atoms in total. The maximum Gasteiger partial charge on any atom is 0.418 e. The van der Waals surface area contributed by atoms with Crippen LogP contribution >= 0.6 is 0 Å². The minimum atomic E-state index is -4.65. The fourth-order valence-electron chi connectivity index (χ4n) is 2.49. The Morgan fingerprint density at radius 2 is 1.79 bits per heavy atom. The summed E-state index contributed by atoms with van der Waals surface area (Å²) < 4.78 is 39.1. The Morgan fingerprint density at radius 1 is 1.10 bits per heavy atom. The number of carbonyl (C=O) groups is 1. The second-order valence-corrected chi connectivity index (χ2v) is 5.94. The number of fused-ring (bicyclic) bond motifs is 1. The van der Waals surface area contributed by atoms with Crippen molar-refractivity contribution in [2.45, 2.75) is 13.1 Å². The molecule has 0 unspecified atom stereocenters. The second-order valence-electron chi connectivity index (χ2n) is 5.94. The van der Waals surface area contributed by atoms with Gasteiger partial charge >= 0.3 is 11.9 Å². The molecular weight excluding hydrogens is 391 g/mol. The highest BCUT2D eigenvalue weighted by Crippen LogP contribution is 2.36. The van der Waals surface area contributed by atoms with E-state index in [4.69, 9.17) is 0 Å². The highest BCUT2D eigenvalue weighted by molar-refractivity contribution is 6.04. The fourth-order valence-corrected chi connectivity index (χ4v) is 2.49. The van der Waals surface area contributed by atoms with E-state index in [1.807, 2.05) is 0 Å². The number of aromatic nitrogens is 2. The average molecular weight is 405 g/mol. The van der Waals surface area contributed by atoms with Crippen LogP contribution in [0.25, 0.3) is 11.0 Å². The zero-order valence-corrected chi connectivity index (χ0v) is 14.8. The van der Waals surface area contributed by atoms with Crippen molar-refractivity contribution < 1.29 is 23.1 Å². The molecule has 3 aromatic rings. The normalized spacial score (nSPS) is 13.0. The predicted octanol–water partition coefficient (Wildman–Crippen LogP) is 4.39. The Labute approximate surface area is 160 Å². The Morgan fingerprint density at radius 3 is 2.48 bits per heavy atom. The van der Waals surface area contributed by atoms with E-state index < -0.39 is 40.5 Å². The van der Waals surface area contributed by atoms with Crippen LogP contribution in [0.5, 0.6) is 0 Å². The summed E-state index contributed by atoms with van der Waals surface area (Å²) in [5.41, 5.74) is -1.30. The summed E-state index contributed by atoms with van der Waals surface area (Å²) in [5.74, 6) is -1.43. The standard InChI is InChI=1S/C18H14F3N5O3/c1-9(27)15(26-25-12-5-3-2-4-11(12)18(19,20)21)16(28)22-10-6-7-13-14(8-10)24-17(29)23-13/h2-8,27H,1H3,(H,22,28)(H2,23,24,29)/b15-9-,26-25?. The number of aliphatic hydroxyl groups excluding tert-OH is 1. The quantitative estimate of drug-likeness (QED) is 0.292. The van der Waals surface area contributed by atoms with E-state index in [2.05, 4.69) is 25.5 Å². The zero-order valence-electron chi connectivity index (χ0n) is 14.8. The summed E-state index contributed by atoms with van der Waals surface area (Å²) in [4.78, 5) is 28.8. The molecule has 0 aliphatic heterocycles. The van der Waals surface area contributed by atoms with Crippen LogP contribution < -0.4 is 11.0 Å². The number of nitrogens with one attached hydrogen (secondary N) is 3. The molecule has 1 amide bonds. The molecule has 4 N–H and O–H groups in total. The lowest BCUT2D eigenvalue weighted by atomic mass is 10.2. The number of amides is 1.